The summed E-state index contributed by atoms with van der Waals surface area (Å²) in [6.07, 6.45) is 5.34. The molecule has 3 aromatic carbocycles. The Morgan fingerprint density at radius 2 is 1.71 bits per heavy atom. The summed E-state index contributed by atoms with van der Waals surface area (Å²) in [7, 11) is 2.06. The highest BCUT2D eigenvalue weighted by molar-refractivity contribution is 5.97. The molecule has 1 unspecified atom stereocenters. The van der Waals surface area contributed by atoms with E-state index in [1.807, 2.05) is 42.5 Å². The zero-order valence-electron chi connectivity index (χ0n) is 24.0. The second kappa shape index (κ2) is 11.5. The zero-order chi connectivity index (χ0) is 29.4. The summed E-state index contributed by atoms with van der Waals surface area (Å²) in [6.45, 7) is 1.31. The van der Waals surface area contributed by atoms with Gasteiger partial charge < -0.3 is 15.5 Å². The fraction of sp³-hybridized carbons (Fsp3) is 0.400. The summed E-state index contributed by atoms with van der Waals surface area (Å²) in [6, 6.07) is 18.9. The Morgan fingerprint density at radius 1 is 1.02 bits per heavy atom. The average molecular weight is 567 g/mol. The third-order valence-electron chi connectivity index (χ3n) is 9.54. The molecular weight excluding hydrogens is 528 g/mol. The molecule has 42 heavy (non-hydrogen) atoms. The number of carbonyl (C=O) groups excluding carboxylic acids is 3. The number of nitrogens with one attached hydrogen (secondary N) is 1. The van der Waals surface area contributed by atoms with Crippen molar-refractivity contribution in [3.8, 4) is 16.9 Å². The molecule has 3 aliphatic rings. The van der Waals surface area contributed by atoms with Gasteiger partial charge in [-0.1, -0.05) is 54.6 Å². The first-order chi connectivity index (χ1) is 20.3. The minimum absolute atomic E-state index is 0.0828. The fourth-order valence-corrected chi connectivity index (χ4v) is 6.96. The number of phenols is 1. The SMILES string of the molecule is CN(CC1CC1)[C@@H]1Cc2ccc(C(=O)NCCc3ccc(-c4ccc(C=O)cc4)cc3)c(O)c2C2CC(=O)CC[C@]21O. The van der Waals surface area contributed by atoms with Crippen LogP contribution in [0.2, 0.25) is 0 Å². The van der Waals surface area contributed by atoms with Crippen molar-refractivity contribution >= 4 is 18.0 Å². The van der Waals surface area contributed by atoms with E-state index < -0.39 is 11.5 Å². The van der Waals surface area contributed by atoms with Crippen molar-refractivity contribution in [1.29, 1.82) is 0 Å². The number of fused-ring (bicyclic) bond motifs is 3. The number of carbonyl (C=O) groups is 3. The Bertz CT molecular complexity index is 1500. The van der Waals surface area contributed by atoms with E-state index in [0.717, 1.165) is 35.1 Å². The molecule has 7 heteroatoms. The van der Waals surface area contributed by atoms with Crippen molar-refractivity contribution in [2.45, 2.75) is 62.5 Å². The molecule has 0 radical (unpaired) electrons. The van der Waals surface area contributed by atoms with Crippen LogP contribution in [0.15, 0.2) is 60.7 Å². The lowest BCUT2D eigenvalue weighted by Gasteiger charge is -2.52. The first kappa shape index (κ1) is 28.3. The monoisotopic (exact) mass is 566 g/mol. The predicted octanol–water partition coefficient (Wildman–Crippen LogP) is 4.68. The molecule has 3 atom stereocenters. The average Bonchev–Trinajstić information content (AvgIpc) is 3.81. The summed E-state index contributed by atoms with van der Waals surface area (Å²) in [4.78, 5) is 38.9. The minimum Gasteiger partial charge on any atom is -0.507 e. The van der Waals surface area contributed by atoms with Crippen LogP contribution < -0.4 is 5.32 Å². The van der Waals surface area contributed by atoms with Crippen LogP contribution >= 0.6 is 0 Å². The molecule has 1 amide bonds. The molecule has 0 aliphatic heterocycles. The van der Waals surface area contributed by atoms with Gasteiger partial charge in [-0.25, -0.2) is 0 Å². The highest BCUT2D eigenvalue weighted by Gasteiger charge is 2.54. The number of ketones is 1. The van der Waals surface area contributed by atoms with E-state index in [9.17, 15) is 24.6 Å². The van der Waals surface area contributed by atoms with Gasteiger partial charge in [0.15, 0.2) is 0 Å². The molecule has 6 rings (SSSR count). The van der Waals surface area contributed by atoms with Crippen LogP contribution in [-0.4, -0.2) is 64.9 Å². The number of aliphatic hydroxyl groups is 1. The molecule has 0 aromatic heterocycles. The van der Waals surface area contributed by atoms with Gasteiger partial charge >= 0.3 is 0 Å². The van der Waals surface area contributed by atoms with Crippen molar-refractivity contribution in [3.63, 3.8) is 0 Å². The maximum atomic E-state index is 13.2. The standard InChI is InChI=1S/C35H38N2O5/c1-37(20-23-2-3-23)31-18-27-12-13-29(33(40)32(27)30-19-28(39)14-16-35(30,31)42)34(41)36-17-15-22-4-8-25(9-5-22)26-10-6-24(21-38)7-11-26/h4-13,21,23,30-31,40,42H,2-3,14-20H2,1H3,(H,36,41)/t30?,31-,35+/m1/s1. The van der Waals surface area contributed by atoms with E-state index in [-0.39, 0.29) is 35.5 Å². The second-order valence-corrected chi connectivity index (χ2v) is 12.4. The number of amides is 1. The van der Waals surface area contributed by atoms with Crippen molar-refractivity contribution in [2.75, 3.05) is 20.1 Å². The van der Waals surface area contributed by atoms with Gasteiger partial charge in [0.25, 0.3) is 5.91 Å². The number of aromatic hydroxyl groups is 1. The van der Waals surface area contributed by atoms with Crippen LogP contribution in [-0.2, 0) is 17.6 Å². The zero-order valence-corrected chi connectivity index (χ0v) is 24.0. The van der Waals surface area contributed by atoms with E-state index >= 15 is 0 Å². The third kappa shape index (κ3) is 5.51. The molecular formula is C35H38N2O5. The Morgan fingerprint density at radius 3 is 2.38 bits per heavy atom. The second-order valence-electron chi connectivity index (χ2n) is 12.4. The molecule has 0 bridgehead atoms. The van der Waals surface area contributed by atoms with Gasteiger partial charge in [0, 0.05) is 49.0 Å². The largest absolute Gasteiger partial charge is 0.507 e. The van der Waals surface area contributed by atoms with Crippen LogP contribution in [0.5, 0.6) is 5.75 Å². The Kier molecular flexibility index (Phi) is 7.73. The highest BCUT2D eigenvalue weighted by atomic mass is 16.3. The lowest BCUT2D eigenvalue weighted by atomic mass is 9.61. The number of benzene rings is 3. The van der Waals surface area contributed by atoms with Gasteiger partial charge in [-0.3, -0.25) is 19.3 Å². The number of phenolic OH excluding ortho intramolecular Hbond substituents is 1. The number of Topliss-reactive ketones (excluding diaryl/α,β-unsaturated/α-hetero) is 1. The van der Waals surface area contributed by atoms with Crippen LogP contribution in [0.25, 0.3) is 11.1 Å². The summed E-state index contributed by atoms with van der Waals surface area (Å²) >= 11 is 0. The van der Waals surface area contributed by atoms with E-state index in [0.29, 0.717) is 49.3 Å². The number of nitrogens with zero attached hydrogens (tertiary/aromatic N) is 1. The number of aldehydes is 1. The molecule has 2 fully saturated rings. The van der Waals surface area contributed by atoms with E-state index in [1.165, 1.54) is 12.8 Å². The van der Waals surface area contributed by atoms with Crippen molar-refractivity contribution in [1.82, 2.24) is 10.2 Å². The molecule has 7 nitrogen and oxygen atoms in total. The number of likely N-dealkylation sites (N-methyl/N-ethyl adjacent to an activating group) is 1. The van der Waals surface area contributed by atoms with E-state index in [1.54, 1.807) is 18.2 Å². The lowest BCUT2D eigenvalue weighted by Crippen LogP contribution is -2.60. The van der Waals surface area contributed by atoms with Crippen LogP contribution in [0, 0.1) is 5.92 Å². The smallest absolute Gasteiger partial charge is 0.255 e. The van der Waals surface area contributed by atoms with Gasteiger partial charge in [0.05, 0.1) is 11.2 Å². The van der Waals surface area contributed by atoms with Crippen LogP contribution in [0.3, 0.4) is 0 Å². The predicted molar refractivity (Wildman–Crippen MR) is 161 cm³/mol. The van der Waals surface area contributed by atoms with Crippen molar-refractivity contribution in [2.24, 2.45) is 5.92 Å². The number of hydrogen-bond acceptors (Lipinski definition) is 6. The summed E-state index contributed by atoms with van der Waals surface area (Å²) in [5.41, 5.74) is 4.28. The summed E-state index contributed by atoms with van der Waals surface area (Å²) < 4.78 is 0. The molecule has 0 saturated heterocycles. The summed E-state index contributed by atoms with van der Waals surface area (Å²) in [5.74, 6) is -0.269. The molecule has 3 N–H and O–H groups in total. The van der Waals surface area contributed by atoms with Gasteiger partial charge in [0.1, 0.15) is 17.8 Å². The first-order valence-electron chi connectivity index (χ1n) is 15.0. The number of hydrogen-bond donors (Lipinski definition) is 3. The summed E-state index contributed by atoms with van der Waals surface area (Å²) in [5, 5.41) is 26.4. The molecule has 3 aromatic rings. The topological polar surface area (TPSA) is 107 Å². The van der Waals surface area contributed by atoms with Gasteiger partial charge in [-0.2, -0.15) is 0 Å². The van der Waals surface area contributed by atoms with E-state index in [4.69, 9.17) is 0 Å². The Labute approximate surface area is 246 Å². The van der Waals surface area contributed by atoms with E-state index in [2.05, 4.69) is 17.3 Å². The number of rotatable bonds is 9. The molecule has 0 heterocycles. The maximum Gasteiger partial charge on any atom is 0.255 e. The van der Waals surface area contributed by atoms with Crippen molar-refractivity contribution < 1.29 is 24.6 Å². The van der Waals surface area contributed by atoms with Gasteiger partial charge in [0.2, 0.25) is 0 Å². The van der Waals surface area contributed by atoms with Crippen molar-refractivity contribution in [3.05, 3.63) is 88.5 Å². The highest BCUT2D eigenvalue weighted by Crippen LogP contribution is 2.52. The van der Waals surface area contributed by atoms with Gasteiger partial charge in [-0.05, 0) is 73.4 Å². The quantitative estimate of drug-likeness (QED) is 0.325. The maximum absolute atomic E-state index is 13.2. The van der Waals surface area contributed by atoms with Gasteiger partial charge in [-0.15, -0.1) is 0 Å². The normalized spacial score (nSPS) is 23.3. The minimum atomic E-state index is -1.13. The molecule has 218 valence electrons. The molecule has 3 aliphatic carbocycles. The fourth-order valence-electron chi connectivity index (χ4n) is 6.96. The molecule has 2 saturated carbocycles. The Hall–Kier alpha value is -3.81. The molecule has 0 spiro atoms. The third-order valence-corrected chi connectivity index (χ3v) is 9.54. The Balaban J connectivity index is 1.15. The first-order valence-corrected chi connectivity index (χ1v) is 15.0. The van der Waals surface area contributed by atoms with Crippen LogP contribution in [0.1, 0.15) is 75.4 Å². The van der Waals surface area contributed by atoms with Crippen LogP contribution in [0.4, 0.5) is 0 Å². The lowest BCUT2D eigenvalue weighted by molar-refractivity contribution is -0.134.